The van der Waals surface area contributed by atoms with Crippen molar-refractivity contribution >= 4 is 17.3 Å². The fourth-order valence-corrected chi connectivity index (χ4v) is 1.63. The van der Waals surface area contributed by atoms with Crippen LogP contribution < -0.4 is 11.1 Å². The Bertz CT molecular complexity index is 417. The maximum atomic E-state index is 11.7. The van der Waals surface area contributed by atoms with Gasteiger partial charge in [0.05, 0.1) is 13.0 Å². The summed E-state index contributed by atoms with van der Waals surface area (Å²) < 4.78 is 5.28. The molecule has 0 aliphatic rings. The number of rotatable bonds is 6. The van der Waals surface area contributed by atoms with Crippen LogP contribution in [-0.2, 0) is 9.53 Å². The van der Waals surface area contributed by atoms with Gasteiger partial charge in [-0.1, -0.05) is 13.0 Å². The molecule has 0 radical (unpaired) electrons. The molecule has 0 heterocycles. The predicted octanol–water partition coefficient (Wildman–Crippen LogP) is 2.64. The molecule has 18 heavy (non-hydrogen) atoms. The summed E-state index contributed by atoms with van der Waals surface area (Å²) in [6.07, 6.45) is 1.34. The lowest BCUT2D eigenvalue weighted by molar-refractivity contribution is -0.117. The van der Waals surface area contributed by atoms with Crippen LogP contribution in [0.3, 0.4) is 0 Å². The van der Waals surface area contributed by atoms with E-state index in [1.54, 1.807) is 6.07 Å². The number of nitrogens with one attached hydrogen (secondary N) is 1. The number of hydrogen-bond donors (Lipinski definition) is 2. The van der Waals surface area contributed by atoms with Crippen molar-refractivity contribution in [1.82, 2.24) is 0 Å². The highest BCUT2D eigenvalue weighted by molar-refractivity contribution is 5.92. The van der Waals surface area contributed by atoms with Gasteiger partial charge in [-0.15, -0.1) is 0 Å². The Hall–Kier alpha value is -1.55. The number of aryl methyl sites for hydroxylation is 2. The first-order valence-corrected chi connectivity index (χ1v) is 6.29. The Balaban J connectivity index is 2.51. The average molecular weight is 250 g/mol. The molecule has 4 heteroatoms. The predicted molar refractivity (Wildman–Crippen MR) is 74.7 cm³/mol. The minimum Gasteiger partial charge on any atom is -0.398 e. The van der Waals surface area contributed by atoms with E-state index in [0.717, 1.165) is 23.2 Å². The molecule has 1 amide bonds. The van der Waals surface area contributed by atoms with Gasteiger partial charge < -0.3 is 15.8 Å². The highest BCUT2D eigenvalue weighted by Gasteiger charge is 2.06. The van der Waals surface area contributed by atoms with E-state index in [-0.39, 0.29) is 5.91 Å². The fourth-order valence-electron chi connectivity index (χ4n) is 1.63. The number of anilines is 2. The van der Waals surface area contributed by atoms with Gasteiger partial charge in [0.1, 0.15) is 0 Å². The summed E-state index contributed by atoms with van der Waals surface area (Å²) in [5, 5.41) is 2.86. The SMILES string of the molecule is CCCOCCC(=O)Nc1cc(N)c(C)cc1C. The molecule has 0 bridgehead atoms. The van der Waals surface area contributed by atoms with Crippen LogP contribution in [0.4, 0.5) is 11.4 Å². The number of carbonyl (C=O) groups is 1. The van der Waals surface area contributed by atoms with Crippen molar-refractivity contribution in [3.8, 4) is 0 Å². The van der Waals surface area contributed by atoms with Gasteiger partial charge in [-0.2, -0.15) is 0 Å². The number of nitrogen functional groups attached to an aromatic ring is 1. The van der Waals surface area contributed by atoms with Crippen LogP contribution in [0.25, 0.3) is 0 Å². The second-order valence-corrected chi connectivity index (χ2v) is 4.43. The first kappa shape index (κ1) is 14.5. The summed E-state index contributed by atoms with van der Waals surface area (Å²) in [4.78, 5) is 11.7. The first-order valence-electron chi connectivity index (χ1n) is 6.29. The molecule has 3 N–H and O–H groups in total. The monoisotopic (exact) mass is 250 g/mol. The van der Waals surface area contributed by atoms with Crippen molar-refractivity contribution in [2.24, 2.45) is 0 Å². The summed E-state index contributed by atoms with van der Waals surface area (Å²) in [7, 11) is 0. The maximum absolute atomic E-state index is 11.7. The second kappa shape index (κ2) is 7.01. The molecule has 0 atom stereocenters. The second-order valence-electron chi connectivity index (χ2n) is 4.43. The van der Waals surface area contributed by atoms with Gasteiger partial charge in [0.2, 0.25) is 5.91 Å². The fraction of sp³-hybridized carbons (Fsp3) is 0.500. The van der Waals surface area contributed by atoms with Gasteiger partial charge in [-0.3, -0.25) is 4.79 Å². The molecule has 0 aliphatic heterocycles. The summed E-state index contributed by atoms with van der Waals surface area (Å²) >= 11 is 0. The zero-order chi connectivity index (χ0) is 13.5. The number of amides is 1. The molecule has 0 unspecified atom stereocenters. The van der Waals surface area contributed by atoms with Gasteiger partial charge in [0.15, 0.2) is 0 Å². The van der Waals surface area contributed by atoms with Crippen molar-refractivity contribution in [2.45, 2.75) is 33.6 Å². The van der Waals surface area contributed by atoms with Gasteiger partial charge >= 0.3 is 0 Å². The largest absolute Gasteiger partial charge is 0.398 e. The molecule has 0 saturated carbocycles. The summed E-state index contributed by atoms with van der Waals surface area (Å²) in [5.74, 6) is -0.0440. The maximum Gasteiger partial charge on any atom is 0.226 e. The summed E-state index contributed by atoms with van der Waals surface area (Å²) in [5.41, 5.74) is 9.34. The molecule has 100 valence electrons. The molecule has 1 aromatic carbocycles. The number of carbonyl (C=O) groups excluding carboxylic acids is 1. The molecular weight excluding hydrogens is 228 g/mol. The lowest BCUT2D eigenvalue weighted by Crippen LogP contribution is -2.15. The van der Waals surface area contributed by atoms with Gasteiger partial charge in [0.25, 0.3) is 0 Å². The Labute approximate surface area is 109 Å². The van der Waals surface area contributed by atoms with Crippen molar-refractivity contribution in [3.63, 3.8) is 0 Å². The van der Waals surface area contributed by atoms with Crippen molar-refractivity contribution < 1.29 is 9.53 Å². The van der Waals surface area contributed by atoms with Crippen molar-refractivity contribution in [1.29, 1.82) is 0 Å². The van der Waals surface area contributed by atoms with E-state index in [2.05, 4.69) is 5.32 Å². The van der Waals surface area contributed by atoms with E-state index in [9.17, 15) is 4.79 Å². The smallest absolute Gasteiger partial charge is 0.226 e. The van der Waals surface area contributed by atoms with Crippen molar-refractivity contribution in [2.75, 3.05) is 24.3 Å². The Morgan fingerprint density at radius 3 is 2.67 bits per heavy atom. The third-order valence-electron chi connectivity index (χ3n) is 2.71. The number of nitrogens with two attached hydrogens (primary N) is 1. The van der Waals surface area contributed by atoms with E-state index in [1.165, 1.54) is 0 Å². The molecular formula is C14H22N2O2. The van der Waals surface area contributed by atoms with Gasteiger partial charge in [0, 0.05) is 18.0 Å². The molecule has 1 rings (SSSR count). The van der Waals surface area contributed by atoms with E-state index in [0.29, 0.717) is 25.3 Å². The van der Waals surface area contributed by atoms with Crippen LogP contribution in [0.15, 0.2) is 12.1 Å². The molecule has 0 fully saturated rings. The number of hydrogen-bond acceptors (Lipinski definition) is 3. The first-order chi connectivity index (χ1) is 8.54. The van der Waals surface area contributed by atoms with Crippen LogP contribution >= 0.6 is 0 Å². The van der Waals surface area contributed by atoms with Crippen LogP contribution in [0.1, 0.15) is 30.9 Å². The standard InChI is InChI=1S/C14H22N2O2/c1-4-6-18-7-5-14(17)16-13-9-12(15)10(2)8-11(13)3/h8-9H,4-7,15H2,1-3H3,(H,16,17). The summed E-state index contributed by atoms with van der Waals surface area (Å²) in [6, 6.07) is 3.77. The Morgan fingerprint density at radius 2 is 2.00 bits per heavy atom. The van der Waals surface area contributed by atoms with E-state index >= 15 is 0 Å². The van der Waals surface area contributed by atoms with Crippen molar-refractivity contribution in [3.05, 3.63) is 23.3 Å². The van der Waals surface area contributed by atoms with Gasteiger partial charge in [-0.25, -0.2) is 0 Å². The third-order valence-corrected chi connectivity index (χ3v) is 2.71. The Kier molecular flexibility index (Phi) is 5.65. The summed E-state index contributed by atoms with van der Waals surface area (Å²) in [6.45, 7) is 7.10. The molecule has 4 nitrogen and oxygen atoms in total. The zero-order valence-electron chi connectivity index (χ0n) is 11.4. The lowest BCUT2D eigenvalue weighted by Gasteiger charge is -2.11. The van der Waals surface area contributed by atoms with E-state index in [1.807, 2.05) is 26.8 Å². The number of ether oxygens (including phenoxy) is 1. The molecule has 0 aromatic heterocycles. The average Bonchev–Trinajstić information content (AvgIpc) is 2.32. The van der Waals surface area contributed by atoms with Gasteiger partial charge in [-0.05, 0) is 37.5 Å². The van der Waals surface area contributed by atoms with Crippen LogP contribution in [-0.4, -0.2) is 19.1 Å². The lowest BCUT2D eigenvalue weighted by atomic mass is 10.1. The third kappa shape index (κ3) is 4.37. The van der Waals surface area contributed by atoms with Crippen LogP contribution in [0, 0.1) is 13.8 Å². The highest BCUT2D eigenvalue weighted by Crippen LogP contribution is 2.22. The topological polar surface area (TPSA) is 64.3 Å². The highest BCUT2D eigenvalue weighted by atomic mass is 16.5. The van der Waals surface area contributed by atoms with Crippen LogP contribution in [0.2, 0.25) is 0 Å². The normalized spacial score (nSPS) is 10.4. The molecule has 0 saturated heterocycles. The van der Waals surface area contributed by atoms with E-state index < -0.39 is 0 Å². The minimum atomic E-state index is -0.0440. The van der Waals surface area contributed by atoms with Crippen LogP contribution in [0.5, 0.6) is 0 Å². The quantitative estimate of drug-likeness (QED) is 0.602. The van der Waals surface area contributed by atoms with E-state index in [4.69, 9.17) is 10.5 Å². The molecule has 0 spiro atoms. The minimum absolute atomic E-state index is 0.0440. The molecule has 0 aliphatic carbocycles. The zero-order valence-corrected chi connectivity index (χ0v) is 11.4. The molecule has 1 aromatic rings. The number of benzene rings is 1. The Morgan fingerprint density at radius 1 is 1.28 bits per heavy atom.